The molecule has 0 heterocycles. The van der Waals surface area contributed by atoms with E-state index in [2.05, 4.69) is 0 Å². The monoisotopic (exact) mass is 325 g/mol. The van der Waals surface area contributed by atoms with Crippen LogP contribution in [0.1, 0.15) is 48.8 Å². The van der Waals surface area contributed by atoms with E-state index in [4.69, 9.17) is 10.5 Å². The minimum Gasteiger partial charge on any atom is -0.508 e. The Morgan fingerprint density at radius 1 is 1.08 bits per heavy atom. The second kappa shape index (κ2) is 7.16. The highest BCUT2D eigenvalue weighted by molar-refractivity contribution is 5.54. The minimum atomic E-state index is 0.367. The van der Waals surface area contributed by atoms with Crippen molar-refractivity contribution in [2.24, 2.45) is 5.92 Å². The van der Waals surface area contributed by atoms with E-state index in [0.717, 1.165) is 52.6 Å². The number of benzene rings is 2. The van der Waals surface area contributed by atoms with Gasteiger partial charge in [0.1, 0.15) is 17.2 Å². The summed E-state index contributed by atoms with van der Waals surface area (Å²) in [7, 11) is 0. The van der Waals surface area contributed by atoms with Gasteiger partial charge >= 0.3 is 0 Å². The molecule has 128 valence electrons. The molecule has 0 amide bonds. The molecule has 0 atom stereocenters. The van der Waals surface area contributed by atoms with Crippen molar-refractivity contribution in [3.05, 3.63) is 47.0 Å². The van der Waals surface area contributed by atoms with Gasteiger partial charge in [-0.05, 0) is 79.6 Å². The van der Waals surface area contributed by atoms with Crippen molar-refractivity contribution >= 4 is 5.69 Å². The number of anilines is 1. The Morgan fingerprint density at radius 2 is 1.75 bits per heavy atom. The van der Waals surface area contributed by atoms with E-state index < -0.39 is 0 Å². The zero-order chi connectivity index (χ0) is 17.1. The second-order valence-electron chi connectivity index (χ2n) is 7.07. The van der Waals surface area contributed by atoms with Gasteiger partial charge in [0.2, 0.25) is 0 Å². The maximum Gasteiger partial charge on any atom is 0.133 e. The van der Waals surface area contributed by atoms with E-state index in [0.29, 0.717) is 5.75 Å². The van der Waals surface area contributed by atoms with Crippen molar-refractivity contribution in [3.8, 4) is 17.2 Å². The van der Waals surface area contributed by atoms with E-state index in [1.165, 1.54) is 25.7 Å². The predicted molar refractivity (Wildman–Crippen MR) is 98.8 cm³/mol. The highest BCUT2D eigenvalue weighted by Crippen LogP contribution is 2.34. The Hall–Kier alpha value is -2.16. The predicted octanol–water partition coefficient (Wildman–Crippen LogP) is 5.51. The van der Waals surface area contributed by atoms with Crippen LogP contribution in [0.4, 0.5) is 5.69 Å². The van der Waals surface area contributed by atoms with E-state index in [9.17, 15) is 5.11 Å². The van der Waals surface area contributed by atoms with Gasteiger partial charge in [0, 0.05) is 5.69 Å². The zero-order valence-corrected chi connectivity index (χ0v) is 14.6. The average molecular weight is 325 g/mol. The molecule has 0 saturated heterocycles. The van der Waals surface area contributed by atoms with E-state index in [1.807, 2.05) is 38.1 Å². The smallest absolute Gasteiger partial charge is 0.133 e. The van der Waals surface area contributed by atoms with E-state index in [1.54, 1.807) is 6.07 Å². The van der Waals surface area contributed by atoms with Crippen LogP contribution in [0.5, 0.6) is 17.2 Å². The third kappa shape index (κ3) is 3.84. The quantitative estimate of drug-likeness (QED) is 0.713. The van der Waals surface area contributed by atoms with Crippen molar-refractivity contribution in [1.82, 2.24) is 0 Å². The lowest BCUT2D eigenvalue weighted by atomic mass is 9.97. The molecule has 3 heteroatoms. The van der Waals surface area contributed by atoms with Crippen LogP contribution in [0.2, 0.25) is 0 Å². The number of phenols is 1. The molecule has 1 aliphatic rings. The summed E-state index contributed by atoms with van der Waals surface area (Å²) in [5.41, 5.74) is 9.65. The van der Waals surface area contributed by atoms with Gasteiger partial charge in [-0.25, -0.2) is 0 Å². The van der Waals surface area contributed by atoms with Gasteiger partial charge in [-0.15, -0.1) is 0 Å². The molecule has 0 radical (unpaired) electrons. The molecule has 2 aromatic carbocycles. The SMILES string of the molecule is Cc1cc(N)cc(C)c1Oc1ccc(O)c(CCC2CCCC2)c1. The maximum absolute atomic E-state index is 10.1. The number of ether oxygens (including phenoxy) is 1. The van der Waals surface area contributed by atoms with Gasteiger partial charge < -0.3 is 15.6 Å². The first-order chi connectivity index (χ1) is 11.5. The molecule has 3 N–H and O–H groups in total. The Kier molecular flexibility index (Phi) is 4.98. The fraction of sp³-hybridized carbons (Fsp3) is 0.429. The van der Waals surface area contributed by atoms with Crippen molar-refractivity contribution < 1.29 is 9.84 Å². The van der Waals surface area contributed by atoms with Gasteiger partial charge in [-0.1, -0.05) is 25.7 Å². The molecule has 0 unspecified atom stereocenters. The molecule has 0 spiro atoms. The summed E-state index contributed by atoms with van der Waals surface area (Å²) in [6.07, 6.45) is 7.44. The maximum atomic E-state index is 10.1. The Bertz CT molecular complexity index is 695. The van der Waals surface area contributed by atoms with Gasteiger partial charge in [0.05, 0.1) is 0 Å². The first kappa shape index (κ1) is 16.7. The topological polar surface area (TPSA) is 55.5 Å². The molecule has 0 aliphatic heterocycles. The summed E-state index contributed by atoms with van der Waals surface area (Å²) in [6, 6.07) is 9.37. The van der Waals surface area contributed by atoms with Gasteiger partial charge in [-0.3, -0.25) is 0 Å². The van der Waals surface area contributed by atoms with E-state index in [-0.39, 0.29) is 0 Å². The summed E-state index contributed by atoms with van der Waals surface area (Å²) in [5, 5.41) is 10.1. The molecule has 2 aromatic rings. The minimum absolute atomic E-state index is 0.367. The molecular weight excluding hydrogens is 298 g/mol. The fourth-order valence-corrected chi connectivity index (χ4v) is 3.75. The highest BCUT2D eigenvalue weighted by Gasteiger charge is 2.16. The van der Waals surface area contributed by atoms with Crippen LogP contribution in [-0.4, -0.2) is 5.11 Å². The van der Waals surface area contributed by atoms with Crippen molar-refractivity contribution in [3.63, 3.8) is 0 Å². The van der Waals surface area contributed by atoms with Gasteiger partial charge in [-0.2, -0.15) is 0 Å². The third-order valence-electron chi connectivity index (χ3n) is 5.05. The van der Waals surface area contributed by atoms with Crippen molar-refractivity contribution in [2.45, 2.75) is 52.4 Å². The molecule has 3 rings (SSSR count). The largest absolute Gasteiger partial charge is 0.508 e. The molecule has 1 aliphatic carbocycles. The zero-order valence-electron chi connectivity index (χ0n) is 14.6. The fourth-order valence-electron chi connectivity index (χ4n) is 3.75. The average Bonchev–Trinajstić information content (AvgIpc) is 3.04. The summed E-state index contributed by atoms with van der Waals surface area (Å²) < 4.78 is 6.10. The molecule has 3 nitrogen and oxygen atoms in total. The lowest BCUT2D eigenvalue weighted by Gasteiger charge is -2.15. The first-order valence-corrected chi connectivity index (χ1v) is 8.89. The number of nitrogens with two attached hydrogens (primary N) is 1. The molecular formula is C21H27NO2. The summed E-state index contributed by atoms with van der Waals surface area (Å²) >= 11 is 0. The number of nitrogen functional groups attached to an aromatic ring is 1. The molecule has 1 fully saturated rings. The lowest BCUT2D eigenvalue weighted by Crippen LogP contribution is -1.98. The van der Waals surface area contributed by atoms with Crippen LogP contribution < -0.4 is 10.5 Å². The second-order valence-corrected chi connectivity index (χ2v) is 7.07. The van der Waals surface area contributed by atoms with Gasteiger partial charge in [0.15, 0.2) is 0 Å². The lowest BCUT2D eigenvalue weighted by molar-refractivity contribution is 0.446. The normalized spacial score (nSPS) is 14.9. The van der Waals surface area contributed by atoms with Crippen LogP contribution in [0, 0.1) is 19.8 Å². The standard InChI is InChI=1S/C21H27NO2/c1-14-11-18(22)12-15(2)21(14)24-19-9-10-20(23)17(13-19)8-7-16-5-3-4-6-16/h9-13,16,23H,3-8,22H2,1-2H3. The molecule has 0 bridgehead atoms. The molecule has 24 heavy (non-hydrogen) atoms. The van der Waals surface area contributed by atoms with Crippen LogP contribution in [0.25, 0.3) is 0 Å². The number of hydrogen-bond donors (Lipinski definition) is 2. The summed E-state index contributed by atoms with van der Waals surface area (Å²) in [4.78, 5) is 0. The summed E-state index contributed by atoms with van der Waals surface area (Å²) in [5.74, 6) is 2.79. The molecule has 0 aromatic heterocycles. The highest BCUT2D eigenvalue weighted by atomic mass is 16.5. The van der Waals surface area contributed by atoms with Crippen LogP contribution in [-0.2, 0) is 6.42 Å². The number of rotatable bonds is 5. The number of aryl methyl sites for hydroxylation is 3. The number of aromatic hydroxyl groups is 1. The summed E-state index contributed by atoms with van der Waals surface area (Å²) in [6.45, 7) is 4.00. The van der Waals surface area contributed by atoms with Crippen LogP contribution >= 0.6 is 0 Å². The number of phenolic OH excluding ortho intramolecular Hbond substituents is 1. The third-order valence-corrected chi connectivity index (χ3v) is 5.05. The Labute approximate surface area is 144 Å². The van der Waals surface area contributed by atoms with E-state index >= 15 is 0 Å². The van der Waals surface area contributed by atoms with Crippen molar-refractivity contribution in [1.29, 1.82) is 0 Å². The number of hydrogen-bond acceptors (Lipinski definition) is 3. The Balaban J connectivity index is 1.75. The Morgan fingerprint density at radius 3 is 2.42 bits per heavy atom. The van der Waals surface area contributed by atoms with Crippen LogP contribution in [0.3, 0.4) is 0 Å². The van der Waals surface area contributed by atoms with Crippen LogP contribution in [0.15, 0.2) is 30.3 Å². The van der Waals surface area contributed by atoms with Gasteiger partial charge in [0.25, 0.3) is 0 Å². The molecule has 1 saturated carbocycles. The first-order valence-electron chi connectivity index (χ1n) is 8.89. The van der Waals surface area contributed by atoms with Crippen molar-refractivity contribution in [2.75, 3.05) is 5.73 Å².